The van der Waals surface area contributed by atoms with Crippen LogP contribution >= 0.6 is 0 Å². The maximum atomic E-state index is 12.7. The molecule has 1 aromatic rings. The molecule has 1 amide bonds. The summed E-state index contributed by atoms with van der Waals surface area (Å²) in [4.78, 5) is 17.3. The lowest BCUT2D eigenvalue weighted by Crippen LogP contribution is -2.57. The van der Waals surface area contributed by atoms with Gasteiger partial charge in [0.05, 0.1) is 11.8 Å². The van der Waals surface area contributed by atoms with Crippen molar-refractivity contribution in [2.45, 2.75) is 51.7 Å². The highest BCUT2D eigenvalue weighted by atomic mass is 16.3. The minimum absolute atomic E-state index is 0.155. The first-order valence-electron chi connectivity index (χ1n) is 7.18. The summed E-state index contributed by atoms with van der Waals surface area (Å²) >= 11 is 0. The van der Waals surface area contributed by atoms with Gasteiger partial charge in [-0.05, 0) is 39.7 Å². The summed E-state index contributed by atoms with van der Waals surface area (Å²) in [5, 5.41) is 0. The fourth-order valence-electron chi connectivity index (χ4n) is 3.43. The molecule has 2 fully saturated rings. The first-order chi connectivity index (χ1) is 9.08. The average molecular weight is 262 g/mol. The maximum absolute atomic E-state index is 12.7. The fraction of sp³-hybridized carbons (Fsp3) is 0.667. The van der Waals surface area contributed by atoms with Gasteiger partial charge in [0.1, 0.15) is 5.76 Å². The molecule has 3 rings (SSSR count). The van der Waals surface area contributed by atoms with Crippen molar-refractivity contribution >= 4 is 5.91 Å². The van der Waals surface area contributed by atoms with Crippen LogP contribution in [-0.2, 0) is 0 Å². The van der Waals surface area contributed by atoms with Crippen LogP contribution in [0.3, 0.4) is 0 Å². The van der Waals surface area contributed by atoms with E-state index in [0.717, 1.165) is 37.3 Å². The number of nitrogens with zero attached hydrogens (tertiary/aromatic N) is 2. The molecule has 0 N–H and O–H groups in total. The molecule has 3 heterocycles. The lowest BCUT2D eigenvalue weighted by Gasteiger charge is -2.42. The second kappa shape index (κ2) is 4.67. The lowest BCUT2D eigenvalue weighted by molar-refractivity contribution is 0.0348. The molecule has 2 saturated heterocycles. The Labute approximate surface area is 114 Å². The smallest absolute Gasteiger partial charge is 0.257 e. The van der Waals surface area contributed by atoms with E-state index < -0.39 is 0 Å². The first-order valence-corrected chi connectivity index (χ1v) is 7.18. The Morgan fingerprint density at radius 1 is 1.32 bits per heavy atom. The van der Waals surface area contributed by atoms with Crippen molar-refractivity contribution in [3.63, 3.8) is 0 Å². The summed E-state index contributed by atoms with van der Waals surface area (Å²) in [6.07, 6.45) is 3.88. The Hall–Kier alpha value is -1.29. The van der Waals surface area contributed by atoms with Gasteiger partial charge in [0, 0.05) is 31.2 Å². The third kappa shape index (κ3) is 2.08. The summed E-state index contributed by atoms with van der Waals surface area (Å²) in [5.41, 5.74) is 0.731. The van der Waals surface area contributed by atoms with Gasteiger partial charge < -0.3 is 9.32 Å². The zero-order valence-electron chi connectivity index (χ0n) is 11.9. The van der Waals surface area contributed by atoms with Crippen LogP contribution in [0.1, 0.15) is 42.8 Å². The van der Waals surface area contributed by atoms with Gasteiger partial charge in [-0.25, -0.2) is 0 Å². The topological polar surface area (TPSA) is 36.7 Å². The molecular formula is C15H22N2O2. The standard InChI is InChI=1S/C15H22N2O2/c1-10(2)16-8-12-4-5-13(9-16)17(12)15(18)14-6-7-19-11(14)3/h6-7,10,12-13H,4-5,8-9H2,1-3H3/t12-,13-/m0/s1. The highest BCUT2D eigenvalue weighted by molar-refractivity contribution is 5.95. The van der Waals surface area contributed by atoms with Crippen molar-refractivity contribution < 1.29 is 9.21 Å². The number of amides is 1. The molecule has 0 aromatic carbocycles. The van der Waals surface area contributed by atoms with Gasteiger partial charge in [-0.1, -0.05) is 0 Å². The van der Waals surface area contributed by atoms with Crippen LogP contribution in [0, 0.1) is 6.92 Å². The number of carbonyl (C=O) groups is 1. The Bertz CT molecular complexity index is 466. The van der Waals surface area contributed by atoms with Crippen LogP contribution in [0.2, 0.25) is 0 Å². The van der Waals surface area contributed by atoms with Crippen molar-refractivity contribution in [3.8, 4) is 0 Å². The number of carbonyl (C=O) groups excluding carboxylic acids is 1. The Morgan fingerprint density at radius 3 is 2.42 bits per heavy atom. The van der Waals surface area contributed by atoms with E-state index in [4.69, 9.17) is 4.42 Å². The quantitative estimate of drug-likeness (QED) is 0.820. The largest absolute Gasteiger partial charge is 0.469 e. The van der Waals surface area contributed by atoms with Crippen molar-refractivity contribution in [3.05, 3.63) is 23.7 Å². The molecule has 104 valence electrons. The minimum atomic E-state index is 0.155. The van der Waals surface area contributed by atoms with E-state index in [9.17, 15) is 4.79 Å². The molecule has 2 atom stereocenters. The number of furan rings is 1. The van der Waals surface area contributed by atoms with Crippen molar-refractivity contribution in [1.29, 1.82) is 0 Å². The van der Waals surface area contributed by atoms with Crippen LogP contribution in [0.4, 0.5) is 0 Å². The van der Waals surface area contributed by atoms with Gasteiger partial charge in [0.2, 0.25) is 0 Å². The molecule has 4 heteroatoms. The number of piperazine rings is 1. The Morgan fingerprint density at radius 2 is 1.95 bits per heavy atom. The molecule has 2 bridgehead atoms. The fourth-order valence-corrected chi connectivity index (χ4v) is 3.43. The highest BCUT2D eigenvalue weighted by Crippen LogP contribution is 2.32. The maximum Gasteiger partial charge on any atom is 0.257 e. The van der Waals surface area contributed by atoms with Gasteiger partial charge in [0.15, 0.2) is 0 Å². The number of rotatable bonds is 2. The van der Waals surface area contributed by atoms with E-state index in [2.05, 4.69) is 23.6 Å². The Kier molecular flexibility index (Phi) is 3.13. The van der Waals surface area contributed by atoms with Crippen LogP contribution in [0.5, 0.6) is 0 Å². The average Bonchev–Trinajstić information content (AvgIpc) is 2.90. The monoisotopic (exact) mass is 262 g/mol. The molecule has 2 aliphatic heterocycles. The predicted molar refractivity (Wildman–Crippen MR) is 73.1 cm³/mol. The van der Waals surface area contributed by atoms with E-state index in [-0.39, 0.29) is 5.91 Å². The summed E-state index contributed by atoms with van der Waals surface area (Å²) in [5.74, 6) is 0.887. The highest BCUT2D eigenvalue weighted by Gasteiger charge is 2.43. The van der Waals surface area contributed by atoms with Crippen LogP contribution in [0.25, 0.3) is 0 Å². The molecule has 0 aliphatic carbocycles. The number of hydrogen-bond donors (Lipinski definition) is 0. The zero-order valence-corrected chi connectivity index (χ0v) is 11.9. The molecule has 1 aromatic heterocycles. The summed E-state index contributed by atoms with van der Waals surface area (Å²) in [6, 6.07) is 3.12. The third-order valence-electron chi connectivity index (χ3n) is 4.56. The second-order valence-electron chi connectivity index (χ2n) is 6.04. The molecular weight excluding hydrogens is 240 g/mol. The van der Waals surface area contributed by atoms with E-state index in [1.165, 1.54) is 0 Å². The van der Waals surface area contributed by atoms with E-state index in [1.54, 1.807) is 12.3 Å². The SMILES string of the molecule is Cc1occc1C(=O)N1[C@H]2CC[C@H]1CN(C(C)C)C2. The molecule has 2 aliphatic rings. The van der Waals surface area contributed by atoms with E-state index in [1.807, 2.05) is 6.92 Å². The number of fused-ring (bicyclic) bond motifs is 2. The van der Waals surface area contributed by atoms with Crippen molar-refractivity contribution in [2.75, 3.05) is 13.1 Å². The molecule has 0 unspecified atom stereocenters. The first kappa shape index (κ1) is 12.7. The summed E-state index contributed by atoms with van der Waals surface area (Å²) < 4.78 is 5.27. The van der Waals surface area contributed by atoms with E-state index >= 15 is 0 Å². The van der Waals surface area contributed by atoms with E-state index in [0.29, 0.717) is 18.1 Å². The van der Waals surface area contributed by atoms with Gasteiger partial charge in [-0.2, -0.15) is 0 Å². The van der Waals surface area contributed by atoms with Crippen molar-refractivity contribution in [1.82, 2.24) is 9.80 Å². The van der Waals surface area contributed by atoms with Crippen LogP contribution in [-0.4, -0.2) is 46.9 Å². The van der Waals surface area contributed by atoms with Gasteiger partial charge >= 0.3 is 0 Å². The van der Waals surface area contributed by atoms with Gasteiger partial charge in [-0.15, -0.1) is 0 Å². The molecule has 19 heavy (non-hydrogen) atoms. The third-order valence-corrected chi connectivity index (χ3v) is 4.56. The normalized spacial score (nSPS) is 27.3. The lowest BCUT2D eigenvalue weighted by atomic mass is 10.1. The molecule has 0 spiro atoms. The molecule has 0 radical (unpaired) electrons. The van der Waals surface area contributed by atoms with Gasteiger partial charge in [0.25, 0.3) is 5.91 Å². The summed E-state index contributed by atoms with van der Waals surface area (Å²) in [6.45, 7) is 8.35. The second-order valence-corrected chi connectivity index (χ2v) is 6.04. The minimum Gasteiger partial charge on any atom is -0.469 e. The Balaban J connectivity index is 1.81. The number of likely N-dealkylation sites (tertiary alicyclic amines) is 1. The zero-order chi connectivity index (χ0) is 13.6. The molecule has 0 saturated carbocycles. The summed E-state index contributed by atoms with van der Waals surface area (Å²) in [7, 11) is 0. The molecule has 4 nitrogen and oxygen atoms in total. The van der Waals surface area contributed by atoms with Crippen LogP contribution < -0.4 is 0 Å². The van der Waals surface area contributed by atoms with Gasteiger partial charge in [-0.3, -0.25) is 9.69 Å². The number of hydrogen-bond acceptors (Lipinski definition) is 3. The predicted octanol–water partition coefficient (Wildman–Crippen LogP) is 2.29. The number of aryl methyl sites for hydroxylation is 1. The van der Waals surface area contributed by atoms with Crippen molar-refractivity contribution in [2.24, 2.45) is 0 Å². The van der Waals surface area contributed by atoms with Crippen LogP contribution in [0.15, 0.2) is 16.7 Å².